The highest BCUT2D eigenvalue weighted by Gasteiger charge is 2.13. The van der Waals surface area contributed by atoms with Crippen LogP contribution in [0.25, 0.3) is 11.2 Å². The Balaban J connectivity index is 1.42. The van der Waals surface area contributed by atoms with E-state index in [-0.39, 0.29) is 5.91 Å². The van der Waals surface area contributed by atoms with Gasteiger partial charge >= 0.3 is 0 Å². The van der Waals surface area contributed by atoms with Crippen LogP contribution < -0.4 is 10.2 Å². The van der Waals surface area contributed by atoms with Gasteiger partial charge in [0, 0.05) is 49.6 Å². The summed E-state index contributed by atoms with van der Waals surface area (Å²) in [5, 5.41) is 3.28. The Kier molecular flexibility index (Phi) is 4.88. The van der Waals surface area contributed by atoms with E-state index in [1.807, 2.05) is 36.4 Å². The van der Waals surface area contributed by atoms with Crippen LogP contribution in [0.4, 0.5) is 11.5 Å². The molecule has 3 heterocycles. The molecule has 0 atom stereocenters. The summed E-state index contributed by atoms with van der Waals surface area (Å²) in [6, 6.07) is 15.0. The molecule has 0 aliphatic carbocycles. The van der Waals surface area contributed by atoms with Crippen molar-refractivity contribution in [3.63, 3.8) is 0 Å². The molecule has 1 N–H and O–H groups in total. The number of pyridine rings is 2. The molecular weight excluding hydrogens is 352 g/mol. The van der Waals surface area contributed by atoms with Crippen molar-refractivity contribution in [2.45, 2.75) is 6.54 Å². The first-order valence-corrected chi connectivity index (χ1v) is 8.79. The van der Waals surface area contributed by atoms with Crippen LogP contribution in [0.2, 0.25) is 0 Å². The molecule has 3 aromatic heterocycles. The monoisotopic (exact) mass is 370 g/mol. The minimum atomic E-state index is -0.0743. The molecule has 7 nitrogen and oxygen atoms in total. The van der Waals surface area contributed by atoms with Gasteiger partial charge in [0.05, 0.1) is 0 Å². The lowest BCUT2D eigenvalue weighted by Gasteiger charge is -2.18. The summed E-state index contributed by atoms with van der Waals surface area (Å²) in [4.78, 5) is 31.0. The van der Waals surface area contributed by atoms with E-state index >= 15 is 0 Å². The van der Waals surface area contributed by atoms with E-state index in [0.717, 1.165) is 22.6 Å². The Morgan fingerprint density at radius 1 is 0.929 bits per heavy atom. The molecule has 0 saturated carbocycles. The maximum atomic E-state index is 12.5. The number of nitrogens with zero attached hydrogens (tertiary/aromatic N) is 5. The highest BCUT2D eigenvalue weighted by Crippen LogP contribution is 2.17. The van der Waals surface area contributed by atoms with Crippen LogP contribution in [0.5, 0.6) is 0 Å². The quantitative estimate of drug-likeness (QED) is 0.580. The number of carbonyl (C=O) groups excluding carboxylic acids is 1. The van der Waals surface area contributed by atoms with Crippen LogP contribution in [0.1, 0.15) is 15.9 Å². The van der Waals surface area contributed by atoms with E-state index in [0.29, 0.717) is 17.8 Å². The normalized spacial score (nSPS) is 10.6. The summed E-state index contributed by atoms with van der Waals surface area (Å²) in [7, 11) is 1.76. The molecule has 0 spiro atoms. The van der Waals surface area contributed by atoms with Crippen molar-refractivity contribution in [2.24, 2.45) is 0 Å². The molecule has 28 heavy (non-hydrogen) atoms. The highest BCUT2D eigenvalue weighted by molar-refractivity contribution is 6.05. The molecule has 0 fully saturated rings. The Labute approximate surface area is 162 Å². The van der Waals surface area contributed by atoms with Gasteiger partial charge in [-0.3, -0.25) is 14.8 Å². The zero-order valence-corrected chi connectivity index (χ0v) is 15.3. The Morgan fingerprint density at radius 2 is 1.68 bits per heavy atom. The van der Waals surface area contributed by atoms with Gasteiger partial charge in [0.1, 0.15) is 11.3 Å². The number of hydrogen-bond donors (Lipinski definition) is 1. The van der Waals surface area contributed by atoms with Crippen molar-refractivity contribution in [1.82, 2.24) is 19.9 Å². The number of benzene rings is 1. The number of hydrogen-bond acceptors (Lipinski definition) is 6. The fraction of sp³-hybridized carbons (Fsp3) is 0.0952. The molecule has 4 rings (SSSR count). The van der Waals surface area contributed by atoms with Gasteiger partial charge in [-0.1, -0.05) is 12.1 Å². The minimum absolute atomic E-state index is 0.0743. The van der Waals surface area contributed by atoms with E-state index in [2.05, 4.69) is 25.3 Å². The van der Waals surface area contributed by atoms with Gasteiger partial charge in [-0.2, -0.15) is 0 Å². The number of rotatable bonds is 5. The topological polar surface area (TPSA) is 83.9 Å². The van der Waals surface area contributed by atoms with Crippen LogP contribution in [-0.4, -0.2) is 32.9 Å². The van der Waals surface area contributed by atoms with Crippen molar-refractivity contribution in [1.29, 1.82) is 0 Å². The lowest BCUT2D eigenvalue weighted by Crippen LogP contribution is -2.26. The summed E-state index contributed by atoms with van der Waals surface area (Å²) in [6.07, 6.45) is 6.50. The highest BCUT2D eigenvalue weighted by atomic mass is 16.2. The smallest absolute Gasteiger partial charge is 0.258 e. The number of carbonyl (C=O) groups is 1. The summed E-state index contributed by atoms with van der Waals surface area (Å²) >= 11 is 0. The Morgan fingerprint density at radius 3 is 2.46 bits per heavy atom. The second kappa shape index (κ2) is 7.79. The van der Waals surface area contributed by atoms with Gasteiger partial charge in [-0.25, -0.2) is 9.97 Å². The maximum Gasteiger partial charge on any atom is 0.258 e. The van der Waals surface area contributed by atoms with Gasteiger partial charge in [0.15, 0.2) is 5.65 Å². The third-order valence-corrected chi connectivity index (χ3v) is 4.36. The first kappa shape index (κ1) is 17.5. The summed E-state index contributed by atoms with van der Waals surface area (Å²) in [5.41, 5.74) is 3.88. The fourth-order valence-corrected chi connectivity index (χ4v) is 2.79. The van der Waals surface area contributed by atoms with Crippen molar-refractivity contribution in [3.8, 4) is 0 Å². The van der Waals surface area contributed by atoms with Crippen molar-refractivity contribution < 1.29 is 4.79 Å². The molecule has 1 aromatic carbocycles. The third-order valence-electron chi connectivity index (χ3n) is 4.36. The molecule has 4 aromatic rings. The maximum absolute atomic E-state index is 12.5. The molecule has 0 unspecified atom stereocenters. The van der Waals surface area contributed by atoms with E-state index in [1.54, 1.807) is 48.9 Å². The standard InChI is InChI=1S/C21H18N6O/c1-27(21(28)16-8-10-22-11-9-16)17-4-2-15(3-5-17)14-25-19-7-6-18-20(26-19)24-13-12-23-18/h2-13H,14H2,1H3,(H,24,25,26). The predicted octanol–water partition coefficient (Wildman–Crippen LogP) is 3.31. The van der Waals surface area contributed by atoms with E-state index in [9.17, 15) is 4.79 Å². The van der Waals surface area contributed by atoms with Crippen LogP contribution in [-0.2, 0) is 6.54 Å². The van der Waals surface area contributed by atoms with Crippen molar-refractivity contribution in [3.05, 3.63) is 84.4 Å². The SMILES string of the molecule is CN(C(=O)c1ccncc1)c1ccc(CNc2ccc3nccnc3n2)cc1. The molecule has 1 amide bonds. The summed E-state index contributed by atoms with van der Waals surface area (Å²) < 4.78 is 0. The molecule has 0 aliphatic rings. The van der Waals surface area contributed by atoms with E-state index in [1.165, 1.54) is 0 Å². The summed E-state index contributed by atoms with van der Waals surface area (Å²) in [5.74, 6) is 0.664. The average Bonchev–Trinajstić information content (AvgIpc) is 2.77. The van der Waals surface area contributed by atoms with E-state index in [4.69, 9.17) is 0 Å². The largest absolute Gasteiger partial charge is 0.366 e. The van der Waals surface area contributed by atoms with Crippen molar-refractivity contribution in [2.75, 3.05) is 17.3 Å². The lowest BCUT2D eigenvalue weighted by atomic mass is 10.1. The molecule has 0 bridgehead atoms. The molecule has 0 radical (unpaired) electrons. The van der Waals surface area contributed by atoms with Crippen LogP contribution in [0.3, 0.4) is 0 Å². The first-order valence-electron chi connectivity index (χ1n) is 8.79. The van der Waals surface area contributed by atoms with Gasteiger partial charge in [0.25, 0.3) is 5.91 Å². The molecule has 0 saturated heterocycles. The van der Waals surface area contributed by atoms with E-state index < -0.39 is 0 Å². The first-order chi connectivity index (χ1) is 13.7. The molecule has 0 aliphatic heterocycles. The van der Waals surface area contributed by atoms with Gasteiger partial charge in [-0.05, 0) is 42.0 Å². The second-order valence-corrected chi connectivity index (χ2v) is 6.22. The number of fused-ring (bicyclic) bond motifs is 1. The Bertz CT molecular complexity index is 1100. The Hall–Kier alpha value is -3.87. The fourth-order valence-electron chi connectivity index (χ4n) is 2.79. The average molecular weight is 370 g/mol. The number of aromatic nitrogens is 4. The molecule has 7 heteroatoms. The minimum Gasteiger partial charge on any atom is -0.366 e. The van der Waals surface area contributed by atoms with Gasteiger partial charge in [0.2, 0.25) is 0 Å². The van der Waals surface area contributed by atoms with Crippen molar-refractivity contribution >= 4 is 28.6 Å². The lowest BCUT2D eigenvalue weighted by molar-refractivity contribution is 0.0993. The van der Waals surface area contributed by atoms with Gasteiger partial charge < -0.3 is 10.2 Å². The van der Waals surface area contributed by atoms with Gasteiger partial charge in [-0.15, -0.1) is 0 Å². The predicted molar refractivity (Wildman–Crippen MR) is 108 cm³/mol. The van der Waals surface area contributed by atoms with Crippen LogP contribution in [0.15, 0.2) is 73.3 Å². The number of anilines is 2. The van der Waals surface area contributed by atoms with Crippen LogP contribution >= 0.6 is 0 Å². The van der Waals surface area contributed by atoms with Crippen LogP contribution in [0, 0.1) is 0 Å². The zero-order chi connectivity index (χ0) is 19.3. The zero-order valence-electron chi connectivity index (χ0n) is 15.3. The number of nitrogens with one attached hydrogen (secondary N) is 1. The third kappa shape index (κ3) is 3.78. The summed E-state index contributed by atoms with van der Waals surface area (Å²) in [6.45, 7) is 0.612. The molecule has 138 valence electrons. The number of amides is 1. The molecular formula is C21H18N6O. The second-order valence-electron chi connectivity index (χ2n) is 6.22.